The number of carbonyl (C=O) groups excluding carboxylic acids is 2. The van der Waals surface area contributed by atoms with Gasteiger partial charge in [0, 0.05) is 31.4 Å². The first-order chi connectivity index (χ1) is 16.8. The van der Waals surface area contributed by atoms with Crippen molar-refractivity contribution in [3.63, 3.8) is 0 Å². The number of furan rings is 1. The molecule has 3 aromatic heterocycles. The van der Waals surface area contributed by atoms with Crippen LogP contribution in [0, 0.1) is 0 Å². The Hall–Kier alpha value is -3.99. The molecule has 1 aromatic carbocycles. The fourth-order valence-electron chi connectivity index (χ4n) is 3.31. The Morgan fingerprint density at radius 3 is 2.49 bits per heavy atom. The second-order valence-electron chi connectivity index (χ2n) is 7.80. The highest BCUT2D eigenvalue weighted by molar-refractivity contribution is 6.30. The van der Waals surface area contributed by atoms with Gasteiger partial charge in [0.05, 0.1) is 17.3 Å². The van der Waals surface area contributed by atoms with Crippen LogP contribution in [-0.4, -0.2) is 51.0 Å². The van der Waals surface area contributed by atoms with Gasteiger partial charge in [0.2, 0.25) is 5.76 Å². The molecular formula is C24H22ClN5O5. The summed E-state index contributed by atoms with van der Waals surface area (Å²) in [5, 5.41) is 26.3. The van der Waals surface area contributed by atoms with Crippen molar-refractivity contribution < 1.29 is 24.2 Å². The maximum atomic E-state index is 13.0. The molecule has 0 radical (unpaired) electrons. The predicted octanol–water partition coefficient (Wildman–Crippen LogP) is 3.43. The molecule has 0 aliphatic carbocycles. The van der Waals surface area contributed by atoms with Gasteiger partial charge in [0.1, 0.15) is 17.0 Å². The zero-order valence-electron chi connectivity index (χ0n) is 18.8. The summed E-state index contributed by atoms with van der Waals surface area (Å²) >= 11 is 5.85. The minimum absolute atomic E-state index is 0.128. The van der Waals surface area contributed by atoms with Gasteiger partial charge in [0.15, 0.2) is 11.8 Å². The largest absolute Gasteiger partial charge is 0.447 e. The second kappa shape index (κ2) is 10.1. The standard InChI is InChI=1S/C24H22ClN5O5/c1-30(2)24(34)14-5-3-13(4-6-14)22(32)29-20-19-17(9-8-16(12-31)27-19)35-21(20)23(33)28-18-10-7-15(25)11-26-18/h3-11,22,29,31-32H,12H2,1-2H3,(H,26,28,33). The molecule has 0 fully saturated rings. The summed E-state index contributed by atoms with van der Waals surface area (Å²) in [5.74, 6) is -0.699. The summed E-state index contributed by atoms with van der Waals surface area (Å²) in [7, 11) is 3.30. The van der Waals surface area contributed by atoms with Gasteiger partial charge < -0.3 is 30.2 Å². The summed E-state index contributed by atoms with van der Waals surface area (Å²) in [6.07, 6.45) is 0.123. The Morgan fingerprint density at radius 1 is 1.11 bits per heavy atom. The third kappa shape index (κ3) is 5.24. The fraction of sp³-hybridized carbons (Fsp3) is 0.167. The van der Waals surface area contributed by atoms with Crippen LogP contribution in [0.1, 0.15) is 38.4 Å². The zero-order valence-corrected chi connectivity index (χ0v) is 19.6. The van der Waals surface area contributed by atoms with E-state index in [1.54, 1.807) is 56.6 Å². The third-order valence-corrected chi connectivity index (χ3v) is 5.31. The number of aliphatic hydroxyl groups excluding tert-OH is 2. The first kappa shape index (κ1) is 24.1. The molecule has 35 heavy (non-hydrogen) atoms. The van der Waals surface area contributed by atoms with Crippen LogP contribution in [0.15, 0.2) is 59.1 Å². The Balaban J connectivity index is 1.67. The highest BCUT2D eigenvalue weighted by Gasteiger charge is 2.25. The van der Waals surface area contributed by atoms with Gasteiger partial charge in [-0.25, -0.2) is 9.97 Å². The molecule has 10 nitrogen and oxygen atoms in total. The third-order valence-electron chi connectivity index (χ3n) is 5.09. The van der Waals surface area contributed by atoms with E-state index in [-0.39, 0.29) is 40.9 Å². The molecule has 0 spiro atoms. The number of hydrogen-bond acceptors (Lipinski definition) is 8. The molecule has 2 amide bonds. The SMILES string of the molecule is CN(C)C(=O)c1ccc(C(O)Nc2c(C(=O)Nc3ccc(Cl)cn3)oc3ccc(CO)nc23)cc1. The van der Waals surface area contributed by atoms with Gasteiger partial charge in [-0.2, -0.15) is 0 Å². The van der Waals surface area contributed by atoms with Crippen molar-refractivity contribution in [1.29, 1.82) is 0 Å². The van der Waals surface area contributed by atoms with Gasteiger partial charge in [-0.05, 0) is 36.4 Å². The summed E-state index contributed by atoms with van der Waals surface area (Å²) in [4.78, 5) is 35.0. The topological polar surface area (TPSA) is 141 Å². The number of nitrogens with one attached hydrogen (secondary N) is 2. The van der Waals surface area contributed by atoms with Crippen LogP contribution in [0.25, 0.3) is 11.1 Å². The number of benzene rings is 1. The second-order valence-corrected chi connectivity index (χ2v) is 8.23. The lowest BCUT2D eigenvalue weighted by Gasteiger charge is -2.16. The minimum atomic E-state index is -1.26. The Kier molecular flexibility index (Phi) is 6.97. The van der Waals surface area contributed by atoms with Crippen LogP contribution in [-0.2, 0) is 6.61 Å². The quantitative estimate of drug-likeness (QED) is 0.286. The molecule has 4 aromatic rings. The van der Waals surface area contributed by atoms with E-state index in [0.29, 0.717) is 21.8 Å². The van der Waals surface area contributed by atoms with Crippen molar-refractivity contribution >= 4 is 46.0 Å². The number of anilines is 2. The maximum absolute atomic E-state index is 13.0. The summed E-state index contributed by atoms with van der Waals surface area (Å²) in [5.41, 5.74) is 1.92. The molecule has 3 heterocycles. The number of halogens is 1. The first-order valence-electron chi connectivity index (χ1n) is 10.5. The number of aromatic nitrogens is 2. The van der Waals surface area contributed by atoms with Gasteiger partial charge in [-0.1, -0.05) is 23.7 Å². The Labute approximate surface area is 205 Å². The van der Waals surface area contributed by atoms with Gasteiger partial charge >= 0.3 is 0 Å². The number of aliphatic hydroxyl groups is 2. The molecule has 0 aliphatic heterocycles. The number of amides is 2. The molecule has 0 saturated heterocycles. The monoisotopic (exact) mass is 495 g/mol. The zero-order chi connectivity index (χ0) is 25.1. The molecule has 180 valence electrons. The van der Waals surface area contributed by atoms with Gasteiger partial charge in [-0.3, -0.25) is 9.59 Å². The Bertz CT molecular complexity index is 1370. The van der Waals surface area contributed by atoms with E-state index in [9.17, 15) is 19.8 Å². The molecule has 1 atom stereocenters. The van der Waals surface area contributed by atoms with E-state index in [2.05, 4.69) is 20.6 Å². The van der Waals surface area contributed by atoms with Crippen molar-refractivity contribution in [3.8, 4) is 0 Å². The Morgan fingerprint density at radius 2 is 1.86 bits per heavy atom. The van der Waals surface area contributed by atoms with Crippen LogP contribution in [0.4, 0.5) is 11.5 Å². The van der Waals surface area contributed by atoms with E-state index in [4.69, 9.17) is 16.0 Å². The van der Waals surface area contributed by atoms with Crippen LogP contribution < -0.4 is 10.6 Å². The lowest BCUT2D eigenvalue weighted by molar-refractivity contribution is 0.0827. The van der Waals surface area contributed by atoms with E-state index >= 15 is 0 Å². The number of nitrogens with zero attached hydrogens (tertiary/aromatic N) is 3. The van der Waals surface area contributed by atoms with E-state index < -0.39 is 12.1 Å². The molecule has 0 saturated carbocycles. The normalized spacial score (nSPS) is 11.8. The van der Waals surface area contributed by atoms with Gasteiger partial charge in [-0.15, -0.1) is 0 Å². The summed E-state index contributed by atoms with van der Waals surface area (Å²) < 4.78 is 5.74. The highest BCUT2D eigenvalue weighted by atomic mass is 35.5. The predicted molar refractivity (Wildman–Crippen MR) is 130 cm³/mol. The molecular weight excluding hydrogens is 474 g/mol. The molecule has 4 rings (SSSR count). The van der Waals surface area contributed by atoms with E-state index in [1.807, 2.05) is 0 Å². The number of rotatable bonds is 7. The molecule has 0 bridgehead atoms. The lowest BCUT2D eigenvalue weighted by atomic mass is 10.1. The number of pyridine rings is 2. The van der Waals surface area contributed by atoms with Crippen molar-refractivity contribution in [2.75, 3.05) is 24.7 Å². The van der Waals surface area contributed by atoms with Crippen LogP contribution >= 0.6 is 11.6 Å². The fourth-order valence-corrected chi connectivity index (χ4v) is 3.42. The van der Waals surface area contributed by atoms with Crippen molar-refractivity contribution in [2.45, 2.75) is 12.8 Å². The molecule has 11 heteroatoms. The number of carbonyl (C=O) groups is 2. The number of fused-ring (bicyclic) bond motifs is 1. The van der Waals surface area contributed by atoms with Gasteiger partial charge in [0.25, 0.3) is 11.8 Å². The lowest BCUT2D eigenvalue weighted by Crippen LogP contribution is -2.21. The summed E-state index contributed by atoms with van der Waals surface area (Å²) in [6.45, 7) is -0.319. The maximum Gasteiger partial charge on any atom is 0.294 e. The van der Waals surface area contributed by atoms with Crippen LogP contribution in [0.5, 0.6) is 0 Å². The number of hydrogen-bond donors (Lipinski definition) is 4. The van der Waals surface area contributed by atoms with Crippen LogP contribution in [0.2, 0.25) is 5.02 Å². The van der Waals surface area contributed by atoms with Crippen molar-refractivity contribution in [2.24, 2.45) is 0 Å². The first-order valence-corrected chi connectivity index (χ1v) is 10.9. The minimum Gasteiger partial charge on any atom is -0.447 e. The van der Waals surface area contributed by atoms with Crippen molar-refractivity contribution in [3.05, 3.63) is 82.3 Å². The average Bonchev–Trinajstić information content (AvgIpc) is 3.22. The van der Waals surface area contributed by atoms with Crippen LogP contribution in [0.3, 0.4) is 0 Å². The molecule has 1 unspecified atom stereocenters. The van der Waals surface area contributed by atoms with E-state index in [0.717, 1.165) is 0 Å². The highest BCUT2D eigenvalue weighted by Crippen LogP contribution is 2.33. The molecule has 4 N–H and O–H groups in total. The van der Waals surface area contributed by atoms with E-state index in [1.165, 1.54) is 17.2 Å². The molecule has 0 aliphatic rings. The smallest absolute Gasteiger partial charge is 0.294 e. The van der Waals surface area contributed by atoms with Crippen molar-refractivity contribution in [1.82, 2.24) is 14.9 Å². The average molecular weight is 496 g/mol. The summed E-state index contributed by atoms with van der Waals surface area (Å²) in [6, 6.07) is 12.6.